The van der Waals surface area contributed by atoms with Gasteiger partial charge >= 0.3 is 0 Å². The lowest BCUT2D eigenvalue weighted by molar-refractivity contribution is 0.102. The van der Waals surface area contributed by atoms with Crippen molar-refractivity contribution in [3.05, 3.63) is 66.0 Å². The molecular weight excluding hydrogens is 318 g/mol. The molecule has 122 valence electrons. The number of halogens is 2. The summed E-state index contributed by atoms with van der Waals surface area (Å²) in [5, 5.41) is 9.84. The van der Waals surface area contributed by atoms with Gasteiger partial charge in [-0.05, 0) is 36.4 Å². The van der Waals surface area contributed by atoms with Crippen molar-refractivity contribution >= 4 is 11.6 Å². The topological polar surface area (TPSA) is 69.0 Å². The molecule has 0 aliphatic heterocycles. The first-order valence-corrected chi connectivity index (χ1v) is 6.90. The summed E-state index contributed by atoms with van der Waals surface area (Å²) in [6, 6.07) is 9.73. The highest BCUT2D eigenvalue weighted by Crippen LogP contribution is 2.17. The van der Waals surface area contributed by atoms with Crippen LogP contribution in [0.2, 0.25) is 0 Å². The van der Waals surface area contributed by atoms with Crippen molar-refractivity contribution in [3.8, 4) is 11.4 Å². The number of amides is 1. The van der Waals surface area contributed by atoms with Crippen LogP contribution in [0.4, 0.5) is 14.5 Å². The van der Waals surface area contributed by atoms with Crippen molar-refractivity contribution in [2.45, 2.75) is 0 Å². The number of carbonyl (C=O) groups is 1. The molecule has 3 rings (SSSR count). The van der Waals surface area contributed by atoms with Gasteiger partial charge in [0.2, 0.25) is 0 Å². The minimum absolute atomic E-state index is 0.0329. The molecule has 0 spiro atoms. The van der Waals surface area contributed by atoms with Gasteiger partial charge in [0.05, 0.1) is 24.7 Å². The molecule has 0 aliphatic rings. The summed E-state index contributed by atoms with van der Waals surface area (Å²) in [6.07, 6.45) is 1.38. The maximum absolute atomic E-state index is 13.6. The van der Waals surface area contributed by atoms with Crippen molar-refractivity contribution in [1.29, 1.82) is 0 Å². The van der Waals surface area contributed by atoms with Gasteiger partial charge in [-0.3, -0.25) is 4.79 Å². The zero-order valence-electron chi connectivity index (χ0n) is 12.5. The number of hydrogen-bond donors (Lipinski definition) is 1. The summed E-state index contributed by atoms with van der Waals surface area (Å²) >= 11 is 0. The Balaban J connectivity index is 1.79. The van der Waals surface area contributed by atoms with Gasteiger partial charge in [0.1, 0.15) is 17.4 Å². The molecule has 0 saturated carbocycles. The molecule has 2 aromatic carbocycles. The second kappa shape index (κ2) is 6.45. The van der Waals surface area contributed by atoms with E-state index in [2.05, 4.69) is 15.6 Å². The molecule has 0 atom stereocenters. The summed E-state index contributed by atoms with van der Waals surface area (Å²) in [4.78, 5) is 12.1. The number of aromatic nitrogens is 3. The van der Waals surface area contributed by atoms with Crippen LogP contribution in [0.3, 0.4) is 0 Å². The Morgan fingerprint density at radius 1 is 1.17 bits per heavy atom. The molecule has 6 nitrogen and oxygen atoms in total. The van der Waals surface area contributed by atoms with E-state index in [0.717, 1.165) is 18.2 Å². The van der Waals surface area contributed by atoms with Crippen molar-refractivity contribution in [3.63, 3.8) is 0 Å². The van der Waals surface area contributed by atoms with Gasteiger partial charge in [0.15, 0.2) is 5.69 Å². The number of ether oxygens (including phenoxy) is 1. The van der Waals surface area contributed by atoms with Gasteiger partial charge in [0, 0.05) is 6.07 Å². The van der Waals surface area contributed by atoms with Gasteiger partial charge in [-0.25, -0.2) is 13.5 Å². The Bertz CT molecular complexity index is 878. The molecule has 3 aromatic rings. The van der Waals surface area contributed by atoms with Crippen LogP contribution in [0.5, 0.6) is 5.75 Å². The van der Waals surface area contributed by atoms with E-state index >= 15 is 0 Å². The first-order chi connectivity index (χ1) is 11.6. The highest BCUT2D eigenvalue weighted by atomic mass is 19.1. The van der Waals surface area contributed by atoms with Crippen LogP contribution in [-0.2, 0) is 0 Å². The minimum atomic E-state index is -0.743. The maximum atomic E-state index is 13.6. The van der Waals surface area contributed by atoms with E-state index in [0.29, 0.717) is 11.4 Å². The summed E-state index contributed by atoms with van der Waals surface area (Å²) in [5.41, 5.74) is 0.368. The second-order valence-corrected chi connectivity index (χ2v) is 4.82. The van der Waals surface area contributed by atoms with Crippen LogP contribution >= 0.6 is 0 Å². The number of benzene rings is 2. The van der Waals surface area contributed by atoms with Crippen LogP contribution in [0, 0.1) is 11.6 Å². The van der Waals surface area contributed by atoms with E-state index in [4.69, 9.17) is 4.74 Å². The SMILES string of the molecule is COc1ccc(-n2cc(C(=O)Nc3cc(F)ccc3F)nn2)cc1. The average molecular weight is 330 g/mol. The minimum Gasteiger partial charge on any atom is -0.497 e. The zero-order valence-corrected chi connectivity index (χ0v) is 12.5. The predicted molar refractivity (Wildman–Crippen MR) is 82.2 cm³/mol. The summed E-state index contributed by atoms with van der Waals surface area (Å²) in [7, 11) is 1.55. The second-order valence-electron chi connectivity index (χ2n) is 4.82. The number of anilines is 1. The van der Waals surface area contributed by atoms with Crippen LogP contribution < -0.4 is 10.1 Å². The number of methoxy groups -OCH3 is 1. The Labute approximate surface area is 135 Å². The van der Waals surface area contributed by atoms with E-state index in [1.54, 1.807) is 31.4 Å². The Morgan fingerprint density at radius 3 is 2.62 bits per heavy atom. The van der Waals surface area contributed by atoms with E-state index in [1.165, 1.54) is 10.9 Å². The molecule has 0 saturated heterocycles. The zero-order chi connectivity index (χ0) is 17.1. The summed E-state index contributed by atoms with van der Waals surface area (Å²) in [6.45, 7) is 0. The fraction of sp³-hybridized carbons (Fsp3) is 0.0625. The average Bonchev–Trinajstić information content (AvgIpc) is 3.08. The van der Waals surface area contributed by atoms with Gasteiger partial charge in [-0.2, -0.15) is 0 Å². The summed E-state index contributed by atoms with van der Waals surface area (Å²) < 4.78 is 33.1. The molecule has 0 radical (unpaired) electrons. The van der Waals surface area contributed by atoms with Gasteiger partial charge in [-0.1, -0.05) is 5.21 Å². The first kappa shape index (κ1) is 15.6. The lowest BCUT2D eigenvalue weighted by Crippen LogP contribution is -2.13. The Morgan fingerprint density at radius 2 is 1.92 bits per heavy atom. The molecule has 0 aliphatic carbocycles. The molecule has 1 heterocycles. The number of rotatable bonds is 4. The lowest BCUT2D eigenvalue weighted by atomic mass is 10.3. The van der Waals surface area contributed by atoms with Gasteiger partial charge in [0.25, 0.3) is 5.91 Å². The highest BCUT2D eigenvalue weighted by Gasteiger charge is 2.14. The standard InChI is InChI=1S/C16H12F2N4O2/c1-24-12-5-3-11(4-6-12)22-9-15(20-21-22)16(23)19-14-8-10(17)2-7-13(14)18/h2-9H,1H3,(H,19,23). The number of carbonyl (C=O) groups excluding carboxylic acids is 1. The van der Waals surface area contributed by atoms with E-state index in [9.17, 15) is 13.6 Å². The van der Waals surface area contributed by atoms with Gasteiger partial charge in [-0.15, -0.1) is 5.10 Å². The molecule has 0 bridgehead atoms. The largest absolute Gasteiger partial charge is 0.497 e. The highest BCUT2D eigenvalue weighted by molar-refractivity contribution is 6.02. The third-order valence-corrected chi connectivity index (χ3v) is 3.24. The normalized spacial score (nSPS) is 10.5. The molecule has 1 aromatic heterocycles. The lowest BCUT2D eigenvalue weighted by Gasteiger charge is -2.04. The Kier molecular flexibility index (Phi) is 4.19. The monoisotopic (exact) mass is 330 g/mol. The van der Waals surface area contributed by atoms with E-state index in [1.807, 2.05) is 0 Å². The van der Waals surface area contributed by atoms with E-state index < -0.39 is 17.5 Å². The van der Waals surface area contributed by atoms with Crippen molar-refractivity contribution in [1.82, 2.24) is 15.0 Å². The van der Waals surface area contributed by atoms with Gasteiger partial charge < -0.3 is 10.1 Å². The molecule has 0 unspecified atom stereocenters. The predicted octanol–water partition coefficient (Wildman–Crippen LogP) is 2.81. The van der Waals surface area contributed by atoms with Crippen molar-refractivity contribution < 1.29 is 18.3 Å². The van der Waals surface area contributed by atoms with Crippen molar-refractivity contribution in [2.75, 3.05) is 12.4 Å². The smallest absolute Gasteiger partial charge is 0.277 e. The molecule has 24 heavy (non-hydrogen) atoms. The molecule has 0 fully saturated rings. The molecule has 8 heteroatoms. The molecule has 1 N–H and O–H groups in total. The number of nitrogens with zero attached hydrogens (tertiary/aromatic N) is 3. The first-order valence-electron chi connectivity index (χ1n) is 6.90. The molecule has 1 amide bonds. The van der Waals surface area contributed by atoms with Crippen LogP contribution in [0.25, 0.3) is 5.69 Å². The third kappa shape index (κ3) is 3.22. The summed E-state index contributed by atoms with van der Waals surface area (Å²) in [5.74, 6) is -1.42. The van der Waals surface area contributed by atoms with Crippen LogP contribution in [-0.4, -0.2) is 28.0 Å². The maximum Gasteiger partial charge on any atom is 0.277 e. The van der Waals surface area contributed by atoms with Crippen LogP contribution in [0.15, 0.2) is 48.7 Å². The van der Waals surface area contributed by atoms with Crippen LogP contribution in [0.1, 0.15) is 10.5 Å². The van der Waals surface area contributed by atoms with E-state index in [-0.39, 0.29) is 11.4 Å². The fourth-order valence-electron chi connectivity index (χ4n) is 2.01. The Hall–Kier alpha value is -3.29. The number of hydrogen-bond acceptors (Lipinski definition) is 4. The van der Waals surface area contributed by atoms with Crippen molar-refractivity contribution in [2.24, 2.45) is 0 Å². The third-order valence-electron chi connectivity index (χ3n) is 3.24. The quantitative estimate of drug-likeness (QED) is 0.799. The molecular formula is C16H12F2N4O2. The fourth-order valence-corrected chi connectivity index (χ4v) is 2.01. The number of nitrogens with one attached hydrogen (secondary N) is 1.